The molecule has 390 valence electrons. The molecule has 19 rings (SSSR count). The molecule has 0 aliphatic rings. The van der Waals surface area contributed by atoms with Crippen molar-refractivity contribution < 1.29 is 13.3 Å². The summed E-state index contributed by atoms with van der Waals surface area (Å²) in [6.07, 6.45) is 0. The summed E-state index contributed by atoms with van der Waals surface area (Å²) in [4.78, 5) is 17.1. The molecule has 0 amide bonds. The Labute approximate surface area is 476 Å². The van der Waals surface area contributed by atoms with Crippen molar-refractivity contribution in [3.63, 3.8) is 0 Å². The Morgan fingerprint density at radius 3 is 0.726 bits per heavy atom. The van der Waals surface area contributed by atoms with Gasteiger partial charge >= 0.3 is 0 Å². The van der Waals surface area contributed by atoms with Gasteiger partial charge in [0.2, 0.25) is 17.8 Å². The number of fused-ring (bicyclic) bond motifs is 18. The molecule has 7 aromatic heterocycles. The lowest BCUT2D eigenvalue weighted by molar-refractivity contribution is 0.668. The Morgan fingerprint density at radius 1 is 0.190 bits per heavy atom. The van der Waals surface area contributed by atoms with Crippen LogP contribution in [0.1, 0.15) is 0 Å². The molecular weight excluding hydrogens is 1030 g/mol. The molecule has 0 bridgehead atoms. The van der Waals surface area contributed by atoms with E-state index in [1.807, 2.05) is 36.4 Å². The van der Waals surface area contributed by atoms with E-state index in [1.54, 1.807) is 0 Å². The van der Waals surface area contributed by atoms with E-state index < -0.39 is 0 Å². The van der Waals surface area contributed by atoms with Crippen LogP contribution in [0.15, 0.2) is 268 Å². The van der Waals surface area contributed by atoms with Gasteiger partial charge in [-0.05, 0) is 124 Å². The maximum atomic E-state index is 6.44. The van der Waals surface area contributed by atoms with Gasteiger partial charge in [0.05, 0.1) is 33.1 Å². The van der Waals surface area contributed by atoms with Crippen LogP contribution >= 0.6 is 0 Å². The summed E-state index contributed by atoms with van der Waals surface area (Å²) < 4.78 is 26.0. The second kappa shape index (κ2) is 17.0. The third-order valence-corrected chi connectivity index (χ3v) is 17.4. The van der Waals surface area contributed by atoms with Crippen molar-refractivity contribution in [1.29, 1.82) is 0 Å². The van der Waals surface area contributed by atoms with E-state index in [0.717, 1.165) is 165 Å². The zero-order valence-electron chi connectivity index (χ0n) is 44.7. The second-order valence-electron chi connectivity index (χ2n) is 21.9. The molecule has 0 atom stereocenters. The third-order valence-electron chi connectivity index (χ3n) is 17.4. The number of furan rings is 3. The molecule has 0 radical (unpaired) electrons. The Morgan fingerprint density at radius 2 is 0.417 bits per heavy atom. The van der Waals surface area contributed by atoms with Crippen LogP contribution in [0, 0.1) is 0 Å². The lowest BCUT2D eigenvalue weighted by Crippen LogP contribution is -2.13. The average Bonchev–Trinajstić information content (AvgIpc) is 2.96. The summed E-state index contributed by atoms with van der Waals surface area (Å²) in [5, 5.41) is 13.0. The van der Waals surface area contributed by atoms with Crippen LogP contribution < -0.4 is 0 Å². The van der Waals surface area contributed by atoms with Crippen LogP contribution in [-0.4, -0.2) is 28.7 Å². The topological polar surface area (TPSA) is 92.9 Å². The number of hydrogen-bond donors (Lipinski definition) is 0. The first kappa shape index (κ1) is 45.2. The molecule has 84 heavy (non-hydrogen) atoms. The minimum Gasteiger partial charge on any atom is -0.456 e. The van der Waals surface area contributed by atoms with Crippen LogP contribution in [0.3, 0.4) is 0 Å². The van der Waals surface area contributed by atoms with E-state index in [-0.39, 0.29) is 0 Å². The number of nitrogens with zero attached hydrogens (tertiary/aromatic N) is 6. The van der Waals surface area contributed by atoms with Crippen molar-refractivity contribution in [1.82, 2.24) is 28.7 Å². The monoisotopic (exact) mass is 1070 g/mol. The van der Waals surface area contributed by atoms with Gasteiger partial charge in [-0.25, -0.2) is 0 Å². The largest absolute Gasteiger partial charge is 0.456 e. The van der Waals surface area contributed by atoms with E-state index in [9.17, 15) is 0 Å². The zero-order valence-corrected chi connectivity index (χ0v) is 44.7. The predicted molar refractivity (Wildman–Crippen MR) is 341 cm³/mol. The van der Waals surface area contributed by atoms with Crippen LogP contribution in [0.5, 0.6) is 0 Å². The third kappa shape index (κ3) is 6.51. The van der Waals surface area contributed by atoms with Crippen LogP contribution in [0.4, 0.5) is 0 Å². The molecule has 12 aromatic carbocycles. The number of rotatable bonds is 6. The molecule has 9 heteroatoms. The van der Waals surface area contributed by atoms with Crippen molar-refractivity contribution in [3.8, 4) is 51.2 Å². The van der Waals surface area contributed by atoms with Crippen molar-refractivity contribution in [2.45, 2.75) is 0 Å². The van der Waals surface area contributed by atoms with Gasteiger partial charge in [0.15, 0.2) is 0 Å². The molecule has 9 nitrogen and oxygen atoms in total. The van der Waals surface area contributed by atoms with Crippen molar-refractivity contribution in [3.05, 3.63) is 255 Å². The highest BCUT2D eigenvalue weighted by Gasteiger charge is 2.25. The first-order chi connectivity index (χ1) is 41.6. The molecular formula is C75H42N6O3. The predicted octanol–water partition coefficient (Wildman–Crippen LogP) is 19.9. The average molecular weight is 1080 g/mol. The molecule has 0 aliphatic heterocycles. The first-order valence-electron chi connectivity index (χ1n) is 28.2. The maximum absolute atomic E-state index is 6.44. The summed E-state index contributed by atoms with van der Waals surface area (Å²) in [6.45, 7) is 0. The molecule has 7 heterocycles. The van der Waals surface area contributed by atoms with Gasteiger partial charge < -0.3 is 13.3 Å². The van der Waals surface area contributed by atoms with E-state index in [4.69, 9.17) is 28.2 Å². The second-order valence-corrected chi connectivity index (χ2v) is 21.9. The normalized spacial score (nSPS) is 12.3. The van der Waals surface area contributed by atoms with Gasteiger partial charge in [-0.2, -0.15) is 15.0 Å². The summed E-state index contributed by atoms with van der Waals surface area (Å²) in [6, 6.07) is 89.9. The SMILES string of the molecule is c1ccc2c(c1)oc1cc(-c3ccc4c5ccccc5n(-c5nc(-n6c7ccccc7c7ccc(-c8ccc9c(c8)oc8ccccc89)cc76)nc(-n6c7ccccc7c7ccc(-c8ccc9c(c8)oc8ccccc89)cc76)n5)c4c3)ccc12. The van der Waals surface area contributed by atoms with Gasteiger partial charge in [0.1, 0.15) is 33.5 Å². The van der Waals surface area contributed by atoms with Crippen molar-refractivity contribution >= 4 is 131 Å². The zero-order chi connectivity index (χ0) is 54.7. The molecule has 0 saturated carbocycles. The van der Waals surface area contributed by atoms with Gasteiger partial charge in [-0.15, -0.1) is 0 Å². The quantitative estimate of drug-likeness (QED) is 0.165. The van der Waals surface area contributed by atoms with Crippen LogP contribution in [0.2, 0.25) is 0 Å². The molecule has 0 fully saturated rings. The maximum Gasteiger partial charge on any atom is 0.241 e. The van der Waals surface area contributed by atoms with E-state index in [0.29, 0.717) is 17.8 Å². The summed E-state index contributed by atoms with van der Waals surface area (Å²) in [5.74, 6) is 1.42. The molecule has 0 N–H and O–H groups in total. The van der Waals surface area contributed by atoms with Gasteiger partial charge in [-0.3, -0.25) is 13.7 Å². The van der Waals surface area contributed by atoms with Gasteiger partial charge in [-0.1, -0.05) is 164 Å². The Balaban J connectivity index is 0.877. The standard InChI is InChI=1S/C75H42N6O3/c1-7-19-61-49(13-1)52-31-25-43(46-28-34-58-55-16-4-10-22-67(55)82-70(58)40-46)37-64(52)79(61)73-76-74(80-62-20-8-2-14-50(62)53-32-26-44(38-65(53)80)47-29-35-59-56-17-5-11-23-68(56)83-71(59)41-47)78-75(77-73)81-63-21-9-3-15-51(63)54-33-27-45(39-66(54)81)48-30-36-60-57-18-6-12-24-69(57)84-72(60)42-48/h1-42H. The number of aromatic nitrogens is 6. The highest BCUT2D eigenvalue weighted by molar-refractivity contribution is 6.14. The van der Waals surface area contributed by atoms with E-state index in [1.165, 1.54) is 0 Å². The summed E-state index contributed by atoms with van der Waals surface area (Å²) in [5.41, 5.74) is 17.1. The fourth-order valence-corrected chi connectivity index (χ4v) is 13.5. The molecule has 0 aliphatic carbocycles. The fraction of sp³-hybridized carbons (Fsp3) is 0. The van der Waals surface area contributed by atoms with Crippen molar-refractivity contribution in [2.24, 2.45) is 0 Å². The lowest BCUT2D eigenvalue weighted by atomic mass is 10.0. The van der Waals surface area contributed by atoms with Gasteiger partial charge in [0.25, 0.3) is 0 Å². The fourth-order valence-electron chi connectivity index (χ4n) is 13.5. The Kier molecular flexibility index (Phi) is 9.15. The highest BCUT2D eigenvalue weighted by atomic mass is 16.3. The number of benzene rings is 12. The van der Waals surface area contributed by atoms with Crippen molar-refractivity contribution in [2.75, 3.05) is 0 Å². The Hall–Kier alpha value is -11.6. The lowest BCUT2D eigenvalue weighted by Gasteiger charge is -2.14. The summed E-state index contributed by atoms with van der Waals surface area (Å²) in [7, 11) is 0. The minimum atomic E-state index is 0.473. The smallest absolute Gasteiger partial charge is 0.241 e. The molecule has 0 unspecified atom stereocenters. The highest BCUT2D eigenvalue weighted by Crippen LogP contribution is 2.42. The molecule has 0 saturated heterocycles. The van der Waals surface area contributed by atoms with Crippen LogP contribution in [-0.2, 0) is 0 Å². The van der Waals surface area contributed by atoms with E-state index >= 15 is 0 Å². The number of para-hydroxylation sites is 6. The summed E-state index contributed by atoms with van der Waals surface area (Å²) >= 11 is 0. The minimum absolute atomic E-state index is 0.473. The van der Waals surface area contributed by atoms with Gasteiger partial charge in [0, 0.05) is 64.6 Å². The first-order valence-corrected chi connectivity index (χ1v) is 28.2. The molecule has 0 spiro atoms. The van der Waals surface area contributed by atoms with Crippen LogP contribution in [0.25, 0.3) is 182 Å². The number of hydrogen-bond acceptors (Lipinski definition) is 6. The Bertz CT molecular complexity index is 5430. The van der Waals surface area contributed by atoms with E-state index in [2.05, 4.69) is 232 Å². The molecule has 19 aromatic rings.